The molecule has 0 saturated heterocycles. The maximum absolute atomic E-state index is 12.9. The van der Waals surface area contributed by atoms with Crippen LogP contribution in [0, 0.1) is 0 Å². The van der Waals surface area contributed by atoms with Crippen molar-refractivity contribution in [3.05, 3.63) is 53.6 Å². The molecule has 1 aliphatic heterocycles. The third-order valence-electron chi connectivity index (χ3n) is 5.12. The molecule has 0 unspecified atom stereocenters. The average molecular weight is 433 g/mol. The Morgan fingerprint density at radius 3 is 2.30 bits per heavy atom. The number of hydrogen-bond acceptors (Lipinski definition) is 5. The van der Waals surface area contributed by atoms with Gasteiger partial charge < -0.3 is 14.8 Å². The lowest BCUT2D eigenvalue weighted by Gasteiger charge is -2.30. The highest BCUT2D eigenvalue weighted by atomic mass is 32.2. The quantitative estimate of drug-likeness (QED) is 0.727. The van der Waals surface area contributed by atoms with E-state index in [1.165, 1.54) is 5.56 Å². The van der Waals surface area contributed by atoms with Crippen molar-refractivity contribution in [2.24, 2.45) is 0 Å². The number of carbonyl (C=O) groups excluding carboxylic acids is 1. The highest BCUT2D eigenvalue weighted by Gasteiger charge is 2.31. The monoisotopic (exact) mass is 432 g/mol. The number of amides is 1. The zero-order valence-corrected chi connectivity index (χ0v) is 18.5. The molecule has 0 fully saturated rings. The molecule has 1 N–H and O–H groups in total. The molecule has 1 aliphatic rings. The molecule has 2 aromatic rings. The molecule has 7 nitrogen and oxygen atoms in total. The van der Waals surface area contributed by atoms with E-state index in [1.807, 2.05) is 31.2 Å². The van der Waals surface area contributed by atoms with Crippen LogP contribution in [-0.4, -0.2) is 39.8 Å². The number of carbonyl (C=O) groups is 1. The number of nitrogens with one attached hydrogen (secondary N) is 1. The Balaban J connectivity index is 1.81. The number of aryl methyl sites for hydroxylation is 1. The fraction of sp³-hybridized carbons (Fsp3) is 0.409. The molecule has 3 rings (SSSR count). The summed E-state index contributed by atoms with van der Waals surface area (Å²) in [6.45, 7) is 6.36. The second-order valence-corrected chi connectivity index (χ2v) is 9.25. The van der Waals surface area contributed by atoms with Gasteiger partial charge in [0.05, 0.1) is 18.0 Å². The number of benzene rings is 2. The van der Waals surface area contributed by atoms with Crippen LogP contribution in [0.3, 0.4) is 0 Å². The molecule has 2 atom stereocenters. The van der Waals surface area contributed by atoms with E-state index < -0.39 is 16.1 Å². The van der Waals surface area contributed by atoms with Crippen molar-refractivity contribution in [2.75, 3.05) is 23.8 Å². The Kier molecular flexibility index (Phi) is 6.55. The number of rotatable bonds is 7. The van der Waals surface area contributed by atoms with E-state index in [1.54, 1.807) is 25.1 Å². The van der Waals surface area contributed by atoms with Crippen molar-refractivity contribution in [3.8, 4) is 11.5 Å². The highest BCUT2D eigenvalue weighted by molar-refractivity contribution is 7.92. The highest BCUT2D eigenvalue weighted by Crippen LogP contribution is 2.35. The van der Waals surface area contributed by atoms with E-state index in [9.17, 15) is 13.2 Å². The molecule has 0 spiro atoms. The van der Waals surface area contributed by atoms with Gasteiger partial charge in [0, 0.05) is 6.07 Å². The largest absolute Gasteiger partial charge is 0.486 e. The molecule has 30 heavy (non-hydrogen) atoms. The fourth-order valence-electron chi connectivity index (χ4n) is 3.44. The summed E-state index contributed by atoms with van der Waals surface area (Å²) in [6.07, 6.45) is 2.03. The Morgan fingerprint density at radius 2 is 1.70 bits per heavy atom. The maximum Gasteiger partial charge on any atom is 0.244 e. The number of sulfonamides is 1. The van der Waals surface area contributed by atoms with Gasteiger partial charge in [0.1, 0.15) is 19.3 Å². The smallest absolute Gasteiger partial charge is 0.244 e. The van der Waals surface area contributed by atoms with Gasteiger partial charge in [-0.1, -0.05) is 31.2 Å². The molecular formula is C22H28N2O5S. The summed E-state index contributed by atoms with van der Waals surface area (Å²) in [5.74, 6) is 0.631. The van der Waals surface area contributed by atoms with Gasteiger partial charge in [0.2, 0.25) is 15.9 Å². The number of fused-ring (bicyclic) bond motifs is 1. The first-order chi connectivity index (χ1) is 14.2. The van der Waals surface area contributed by atoms with E-state index >= 15 is 0 Å². The van der Waals surface area contributed by atoms with Crippen LogP contribution in [0.5, 0.6) is 11.5 Å². The third kappa shape index (κ3) is 4.87. The summed E-state index contributed by atoms with van der Waals surface area (Å²) in [5, 5.41) is 2.92. The van der Waals surface area contributed by atoms with Crippen LogP contribution in [0.25, 0.3) is 0 Å². The Labute approximate surface area is 178 Å². The molecule has 0 aliphatic carbocycles. The van der Waals surface area contributed by atoms with Crippen molar-refractivity contribution in [1.29, 1.82) is 0 Å². The first-order valence-corrected chi connectivity index (χ1v) is 11.8. The van der Waals surface area contributed by atoms with E-state index in [-0.39, 0.29) is 11.9 Å². The van der Waals surface area contributed by atoms with Crippen LogP contribution >= 0.6 is 0 Å². The molecule has 0 saturated carbocycles. The van der Waals surface area contributed by atoms with E-state index in [0.29, 0.717) is 30.4 Å². The first-order valence-electron chi connectivity index (χ1n) is 9.99. The number of ether oxygens (including phenoxy) is 2. The van der Waals surface area contributed by atoms with Gasteiger partial charge in [0.15, 0.2) is 11.5 Å². The Hall–Kier alpha value is -2.74. The van der Waals surface area contributed by atoms with Crippen LogP contribution in [0.2, 0.25) is 0 Å². The molecule has 0 aromatic heterocycles. The summed E-state index contributed by atoms with van der Waals surface area (Å²) in [7, 11) is -3.72. The van der Waals surface area contributed by atoms with Gasteiger partial charge in [-0.25, -0.2) is 8.42 Å². The second kappa shape index (κ2) is 8.95. The third-order valence-corrected chi connectivity index (χ3v) is 6.36. The summed E-state index contributed by atoms with van der Waals surface area (Å²) in [4.78, 5) is 12.9. The van der Waals surface area contributed by atoms with Crippen molar-refractivity contribution < 1.29 is 22.7 Å². The van der Waals surface area contributed by atoms with E-state index in [4.69, 9.17) is 9.47 Å². The zero-order valence-electron chi connectivity index (χ0n) is 17.7. The molecule has 0 radical (unpaired) electrons. The molecule has 162 valence electrons. The van der Waals surface area contributed by atoms with Gasteiger partial charge >= 0.3 is 0 Å². The minimum absolute atomic E-state index is 0.257. The lowest BCUT2D eigenvalue weighted by Crippen LogP contribution is -2.48. The van der Waals surface area contributed by atoms with E-state index in [2.05, 4.69) is 12.2 Å². The van der Waals surface area contributed by atoms with Crippen molar-refractivity contribution >= 4 is 21.6 Å². The lowest BCUT2D eigenvalue weighted by atomic mass is 10.0. The first kappa shape index (κ1) is 22.0. The summed E-state index contributed by atoms with van der Waals surface area (Å²) >= 11 is 0. The minimum Gasteiger partial charge on any atom is -0.486 e. The minimum atomic E-state index is -3.72. The fourth-order valence-corrected chi connectivity index (χ4v) is 4.60. The van der Waals surface area contributed by atoms with Crippen LogP contribution in [0.4, 0.5) is 5.69 Å². The Morgan fingerprint density at radius 1 is 1.07 bits per heavy atom. The Bertz CT molecular complexity index is 1000. The molecule has 0 bridgehead atoms. The summed E-state index contributed by atoms with van der Waals surface area (Å²) in [6, 6.07) is 11.7. The van der Waals surface area contributed by atoms with Crippen LogP contribution < -0.4 is 19.1 Å². The molecule has 8 heteroatoms. The zero-order chi connectivity index (χ0) is 21.9. The summed E-state index contributed by atoms with van der Waals surface area (Å²) < 4.78 is 37.3. The van der Waals surface area contributed by atoms with Crippen LogP contribution in [0.15, 0.2) is 42.5 Å². The normalized spacial score (nSPS) is 15.2. The van der Waals surface area contributed by atoms with Gasteiger partial charge in [-0.15, -0.1) is 0 Å². The summed E-state index contributed by atoms with van der Waals surface area (Å²) in [5.41, 5.74) is 2.52. The van der Waals surface area contributed by atoms with Crippen molar-refractivity contribution in [2.45, 2.75) is 39.3 Å². The number of anilines is 1. The predicted octanol–water partition coefficient (Wildman–Crippen LogP) is 3.05. The lowest BCUT2D eigenvalue weighted by molar-refractivity contribution is -0.122. The van der Waals surface area contributed by atoms with Gasteiger partial charge in [-0.2, -0.15) is 0 Å². The van der Waals surface area contributed by atoms with Crippen LogP contribution in [0.1, 0.15) is 37.9 Å². The van der Waals surface area contributed by atoms with Gasteiger partial charge in [0.25, 0.3) is 0 Å². The van der Waals surface area contributed by atoms with Crippen molar-refractivity contribution in [1.82, 2.24) is 5.32 Å². The van der Waals surface area contributed by atoms with E-state index in [0.717, 1.165) is 22.5 Å². The molecule has 2 aromatic carbocycles. The molecule has 1 heterocycles. The van der Waals surface area contributed by atoms with Crippen LogP contribution in [-0.2, 0) is 21.2 Å². The standard InChI is InChI=1S/C22H28N2O5S/c1-5-17-6-8-18(9-7-17)15(2)23-22(25)16(3)24(30(4,26)27)19-10-11-20-21(14-19)29-13-12-28-20/h6-11,14-16H,5,12-13H2,1-4H3,(H,23,25)/t15-,16-/m1/s1. The van der Waals surface area contributed by atoms with Gasteiger partial charge in [-0.05, 0) is 43.5 Å². The maximum atomic E-state index is 12.9. The predicted molar refractivity (Wildman–Crippen MR) is 117 cm³/mol. The topological polar surface area (TPSA) is 84.9 Å². The average Bonchev–Trinajstić information content (AvgIpc) is 2.72. The molecule has 1 amide bonds. The molecular weight excluding hydrogens is 404 g/mol. The van der Waals surface area contributed by atoms with Gasteiger partial charge in [-0.3, -0.25) is 9.10 Å². The van der Waals surface area contributed by atoms with Crippen molar-refractivity contribution in [3.63, 3.8) is 0 Å². The SMILES string of the molecule is CCc1ccc([C@@H](C)NC(=O)[C@@H](C)N(c2ccc3c(c2)OCCO3)S(C)(=O)=O)cc1. The second-order valence-electron chi connectivity index (χ2n) is 7.39. The number of nitrogens with zero attached hydrogens (tertiary/aromatic N) is 1. The number of hydrogen-bond donors (Lipinski definition) is 1.